The minimum atomic E-state index is 0.159. The zero-order valence-corrected chi connectivity index (χ0v) is 11.6. The number of unbranched alkanes of at least 4 members (excludes halogenated alkanes) is 2. The third kappa shape index (κ3) is 3.75. The van der Waals surface area contributed by atoms with E-state index < -0.39 is 0 Å². The Hall–Kier alpha value is -0.630. The van der Waals surface area contributed by atoms with E-state index in [1.54, 1.807) is 11.3 Å². The van der Waals surface area contributed by atoms with Gasteiger partial charge in [-0.05, 0) is 24.0 Å². The van der Waals surface area contributed by atoms with Gasteiger partial charge in [-0.25, -0.2) is 0 Å². The van der Waals surface area contributed by atoms with E-state index in [0.717, 1.165) is 17.7 Å². The molecule has 0 aliphatic rings. The molecule has 1 heterocycles. The van der Waals surface area contributed by atoms with Crippen molar-refractivity contribution in [3.63, 3.8) is 0 Å². The molecule has 0 aliphatic carbocycles. The van der Waals surface area contributed by atoms with Crippen LogP contribution in [0, 0.1) is 0 Å². The van der Waals surface area contributed by atoms with Gasteiger partial charge in [0.25, 0.3) is 0 Å². The van der Waals surface area contributed by atoms with Crippen LogP contribution >= 0.6 is 11.3 Å². The first-order valence-corrected chi connectivity index (χ1v) is 6.90. The number of thiophene rings is 1. The van der Waals surface area contributed by atoms with Crippen molar-refractivity contribution >= 4 is 17.1 Å². The predicted octanol–water partition coefficient (Wildman–Crippen LogP) is 4.81. The molecule has 16 heavy (non-hydrogen) atoms. The number of hydrogen-bond donors (Lipinski definition) is 0. The van der Waals surface area contributed by atoms with Crippen LogP contribution < -0.4 is 0 Å². The number of Topliss-reactive ketones (excluding diaryl/α,β-unsaturated/α-hetero) is 1. The average Bonchev–Trinajstić information content (AvgIpc) is 2.66. The zero-order chi connectivity index (χ0) is 12.2. The molecule has 0 atom stereocenters. The van der Waals surface area contributed by atoms with Gasteiger partial charge in [-0.15, -0.1) is 11.3 Å². The van der Waals surface area contributed by atoms with Gasteiger partial charge in [-0.2, -0.15) is 0 Å². The van der Waals surface area contributed by atoms with Gasteiger partial charge in [0.05, 0.1) is 4.88 Å². The average molecular weight is 238 g/mol. The maximum Gasteiger partial charge on any atom is 0.172 e. The Bertz CT molecular complexity index is 344. The Balaban J connectivity index is 2.60. The number of carbonyl (C=O) groups is 1. The summed E-state index contributed by atoms with van der Waals surface area (Å²) < 4.78 is 0. The molecule has 0 aromatic carbocycles. The molecule has 0 N–H and O–H groups in total. The summed E-state index contributed by atoms with van der Waals surface area (Å²) in [6.45, 7) is 8.71. The second-order valence-electron chi connectivity index (χ2n) is 5.29. The summed E-state index contributed by atoms with van der Waals surface area (Å²) in [6, 6.07) is 4.08. The molecule has 0 saturated carbocycles. The van der Waals surface area contributed by atoms with Gasteiger partial charge >= 0.3 is 0 Å². The molecular weight excluding hydrogens is 216 g/mol. The zero-order valence-electron chi connectivity index (χ0n) is 10.8. The first-order chi connectivity index (χ1) is 7.45. The van der Waals surface area contributed by atoms with Gasteiger partial charge in [-0.1, -0.05) is 40.5 Å². The van der Waals surface area contributed by atoms with Crippen molar-refractivity contribution in [3.05, 3.63) is 21.9 Å². The van der Waals surface area contributed by atoms with Crippen molar-refractivity contribution in [3.8, 4) is 0 Å². The van der Waals surface area contributed by atoms with Gasteiger partial charge < -0.3 is 0 Å². The lowest BCUT2D eigenvalue weighted by Crippen LogP contribution is -2.07. The maximum atomic E-state index is 11.9. The number of hydrogen-bond acceptors (Lipinski definition) is 2. The summed E-state index contributed by atoms with van der Waals surface area (Å²) >= 11 is 1.66. The van der Waals surface area contributed by atoms with E-state index in [4.69, 9.17) is 0 Å². The monoisotopic (exact) mass is 238 g/mol. The van der Waals surface area contributed by atoms with E-state index in [1.807, 2.05) is 6.07 Å². The van der Waals surface area contributed by atoms with Crippen LogP contribution in [0.5, 0.6) is 0 Å². The van der Waals surface area contributed by atoms with Crippen LogP contribution in [0.15, 0.2) is 12.1 Å². The summed E-state index contributed by atoms with van der Waals surface area (Å²) in [6.07, 6.45) is 4.06. The van der Waals surface area contributed by atoms with E-state index in [-0.39, 0.29) is 5.41 Å². The van der Waals surface area contributed by atoms with Crippen LogP contribution in [0.1, 0.15) is 67.9 Å². The van der Waals surface area contributed by atoms with Crippen LogP contribution in [0.3, 0.4) is 0 Å². The lowest BCUT2D eigenvalue weighted by Gasteiger charge is -2.15. The van der Waals surface area contributed by atoms with Crippen molar-refractivity contribution in [1.29, 1.82) is 0 Å². The summed E-state index contributed by atoms with van der Waals surface area (Å²) in [4.78, 5) is 14.1. The molecule has 1 nitrogen and oxygen atoms in total. The molecule has 0 amide bonds. The fourth-order valence-corrected chi connectivity index (χ4v) is 2.58. The predicted molar refractivity (Wildman–Crippen MR) is 71.5 cm³/mol. The Kier molecular flexibility index (Phi) is 4.72. The van der Waals surface area contributed by atoms with E-state index >= 15 is 0 Å². The molecule has 90 valence electrons. The van der Waals surface area contributed by atoms with Crippen molar-refractivity contribution in [2.45, 2.75) is 58.8 Å². The van der Waals surface area contributed by atoms with Crippen LogP contribution in [0.2, 0.25) is 0 Å². The van der Waals surface area contributed by atoms with Crippen molar-refractivity contribution in [2.75, 3.05) is 0 Å². The molecule has 0 spiro atoms. The third-order valence-corrected chi connectivity index (χ3v) is 4.18. The van der Waals surface area contributed by atoms with Crippen LogP contribution in [0.4, 0.5) is 0 Å². The molecule has 2 heteroatoms. The highest BCUT2D eigenvalue weighted by molar-refractivity contribution is 7.14. The number of ketones is 1. The molecule has 0 saturated heterocycles. The SMILES string of the molecule is CCCCCC(=O)c1ccc(C(C)(C)C)s1. The minimum absolute atomic E-state index is 0.159. The Labute approximate surface area is 103 Å². The molecule has 0 fully saturated rings. The molecule has 0 unspecified atom stereocenters. The highest BCUT2D eigenvalue weighted by Gasteiger charge is 2.18. The molecule has 0 bridgehead atoms. The quantitative estimate of drug-likeness (QED) is 0.531. The van der Waals surface area contributed by atoms with Gasteiger partial charge in [0.1, 0.15) is 0 Å². The Morgan fingerprint density at radius 3 is 2.44 bits per heavy atom. The number of rotatable bonds is 5. The highest BCUT2D eigenvalue weighted by atomic mass is 32.1. The maximum absolute atomic E-state index is 11.9. The van der Waals surface area contributed by atoms with E-state index in [2.05, 4.69) is 33.8 Å². The van der Waals surface area contributed by atoms with E-state index in [9.17, 15) is 4.79 Å². The second kappa shape index (κ2) is 5.62. The van der Waals surface area contributed by atoms with Crippen molar-refractivity contribution in [2.24, 2.45) is 0 Å². The fraction of sp³-hybridized carbons (Fsp3) is 0.643. The van der Waals surface area contributed by atoms with Crippen LogP contribution in [-0.2, 0) is 5.41 Å². The van der Waals surface area contributed by atoms with E-state index in [0.29, 0.717) is 12.2 Å². The standard InChI is InChI=1S/C14H22OS/c1-5-6-7-8-11(15)12-9-10-13(16-12)14(2,3)4/h9-10H,5-8H2,1-4H3. The smallest absolute Gasteiger partial charge is 0.172 e. The Morgan fingerprint density at radius 1 is 1.25 bits per heavy atom. The highest BCUT2D eigenvalue weighted by Crippen LogP contribution is 2.30. The minimum Gasteiger partial charge on any atom is -0.293 e. The van der Waals surface area contributed by atoms with Gasteiger partial charge in [-0.3, -0.25) is 4.79 Å². The molecule has 1 aromatic rings. The fourth-order valence-electron chi connectivity index (χ4n) is 1.55. The first kappa shape index (κ1) is 13.4. The second-order valence-corrected chi connectivity index (χ2v) is 6.38. The van der Waals surface area contributed by atoms with Crippen molar-refractivity contribution < 1.29 is 4.79 Å². The number of carbonyl (C=O) groups excluding carboxylic acids is 1. The summed E-state index contributed by atoms with van der Waals surface area (Å²) in [5, 5.41) is 0. The summed E-state index contributed by atoms with van der Waals surface area (Å²) in [5.74, 6) is 0.314. The van der Waals surface area contributed by atoms with Gasteiger partial charge in [0, 0.05) is 11.3 Å². The molecule has 0 radical (unpaired) electrons. The Morgan fingerprint density at radius 2 is 1.94 bits per heavy atom. The van der Waals surface area contributed by atoms with Crippen LogP contribution in [0.25, 0.3) is 0 Å². The van der Waals surface area contributed by atoms with Crippen molar-refractivity contribution in [1.82, 2.24) is 0 Å². The summed E-state index contributed by atoms with van der Waals surface area (Å²) in [5.41, 5.74) is 0.159. The van der Waals surface area contributed by atoms with Gasteiger partial charge in [0.15, 0.2) is 5.78 Å². The normalized spacial score (nSPS) is 11.8. The summed E-state index contributed by atoms with van der Waals surface area (Å²) in [7, 11) is 0. The molecule has 0 aliphatic heterocycles. The molecule has 1 aromatic heterocycles. The third-order valence-electron chi connectivity index (χ3n) is 2.63. The molecular formula is C14H22OS. The van der Waals surface area contributed by atoms with E-state index in [1.165, 1.54) is 11.3 Å². The van der Waals surface area contributed by atoms with Crippen LogP contribution in [-0.4, -0.2) is 5.78 Å². The lowest BCUT2D eigenvalue weighted by atomic mass is 9.95. The first-order valence-electron chi connectivity index (χ1n) is 6.08. The lowest BCUT2D eigenvalue weighted by molar-refractivity contribution is 0.0983. The molecule has 1 rings (SSSR count). The largest absolute Gasteiger partial charge is 0.293 e. The topological polar surface area (TPSA) is 17.1 Å². The van der Waals surface area contributed by atoms with Gasteiger partial charge in [0.2, 0.25) is 0 Å².